The highest BCUT2D eigenvalue weighted by Crippen LogP contribution is 2.40. The second kappa shape index (κ2) is 3.36. The van der Waals surface area contributed by atoms with Crippen LogP contribution >= 0.6 is 0 Å². The van der Waals surface area contributed by atoms with E-state index in [-0.39, 0.29) is 12.2 Å². The number of rotatable bonds is 1. The number of carbonyl (C=O) groups excluding carboxylic acids is 1. The molecule has 1 aromatic rings. The highest BCUT2D eigenvalue weighted by Gasteiger charge is 2.42. The molecule has 2 nitrogen and oxygen atoms in total. The van der Waals surface area contributed by atoms with Crippen LogP contribution in [0.4, 0.5) is 0 Å². The maximum atomic E-state index is 11.5. The van der Waals surface area contributed by atoms with E-state index in [0.29, 0.717) is 12.0 Å². The standard InChI is InChI=1S/C13H11NO/c1-10-7-13(9-14,8-12(10)15)11-5-3-2-4-6-11/h2-6H,1,7-8H2. The number of ketones is 1. The predicted molar refractivity (Wildman–Crippen MR) is 57.1 cm³/mol. The Bertz CT molecular complexity index is 437. The van der Waals surface area contributed by atoms with Gasteiger partial charge in [-0.25, -0.2) is 0 Å². The summed E-state index contributed by atoms with van der Waals surface area (Å²) in [5.74, 6) is 0.0143. The van der Waals surface area contributed by atoms with Gasteiger partial charge in [-0.05, 0) is 17.6 Å². The van der Waals surface area contributed by atoms with Crippen molar-refractivity contribution in [1.29, 1.82) is 5.26 Å². The first-order valence-corrected chi connectivity index (χ1v) is 4.86. The molecule has 0 aliphatic heterocycles. The minimum Gasteiger partial charge on any atom is -0.295 e. The van der Waals surface area contributed by atoms with Crippen molar-refractivity contribution in [3.63, 3.8) is 0 Å². The zero-order valence-electron chi connectivity index (χ0n) is 8.36. The number of allylic oxidation sites excluding steroid dienone is 1. The molecule has 1 fully saturated rings. The molecule has 0 radical (unpaired) electrons. The summed E-state index contributed by atoms with van der Waals surface area (Å²) in [4.78, 5) is 11.5. The van der Waals surface area contributed by atoms with E-state index < -0.39 is 5.41 Å². The molecule has 1 aliphatic rings. The number of carbonyl (C=O) groups is 1. The van der Waals surface area contributed by atoms with Crippen molar-refractivity contribution in [1.82, 2.24) is 0 Å². The van der Waals surface area contributed by atoms with Gasteiger partial charge in [0.2, 0.25) is 0 Å². The minimum absolute atomic E-state index is 0.0143. The molecule has 1 atom stereocenters. The van der Waals surface area contributed by atoms with Crippen LogP contribution in [-0.4, -0.2) is 5.78 Å². The Balaban J connectivity index is 2.46. The van der Waals surface area contributed by atoms with Crippen LogP contribution in [0, 0.1) is 11.3 Å². The van der Waals surface area contributed by atoms with Crippen LogP contribution in [0.1, 0.15) is 18.4 Å². The zero-order chi connectivity index (χ0) is 10.9. The van der Waals surface area contributed by atoms with E-state index in [1.54, 1.807) is 0 Å². The normalized spacial score (nSPS) is 25.3. The first kappa shape index (κ1) is 9.67. The van der Waals surface area contributed by atoms with Crippen molar-refractivity contribution in [2.75, 3.05) is 0 Å². The molecule has 0 bridgehead atoms. The molecule has 0 saturated heterocycles. The third-order valence-corrected chi connectivity index (χ3v) is 2.91. The average molecular weight is 197 g/mol. The number of hydrogen-bond acceptors (Lipinski definition) is 2. The van der Waals surface area contributed by atoms with Gasteiger partial charge in [-0.2, -0.15) is 5.26 Å². The second-order valence-corrected chi connectivity index (χ2v) is 3.94. The summed E-state index contributed by atoms with van der Waals surface area (Å²) in [6.07, 6.45) is 0.735. The summed E-state index contributed by atoms with van der Waals surface area (Å²) in [6, 6.07) is 11.7. The summed E-state index contributed by atoms with van der Waals surface area (Å²) < 4.78 is 0. The smallest absolute Gasteiger partial charge is 0.160 e. The minimum atomic E-state index is -0.671. The van der Waals surface area contributed by atoms with Gasteiger partial charge in [-0.3, -0.25) is 4.79 Å². The van der Waals surface area contributed by atoms with Crippen LogP contribution in [0.3, 0.4) is 0 Å². The van der Waals surface area contributed by atoms with Gasteiger partial charge in [-0.1, -0.05) is 36.9 Å². The molecular weight excluding hydrogens is 186 g/mol. The van der Waals surface area contributed by atoms with E-state index in [9.17, 15) is 10.1 Å². The quantitative estimate of drug-likeness (QED) is 0.648. The molecule has 0 N–H and O–H groups in total. The van der Waals surface area contributed by atoms with Crippen molar-refractivity contribution in [2.45, 2.75) is 18.3 Å². The maximum absolute atomic E-state index is 11.5. The fourth-order valence-electron chi connectivity index (χ4n) is 2.03. The lowest BCUT2D eigenvalue weighted by atomic mass is 9.80. The largest absolute Gasteiger partial charge is 0.295 e. The Kier molecular flexibility index (Phi) is 2.17. The van der Waals surface area contributed by atoms with E-state index in [1.165, 1.54) is 0 Å². The van der Waals surface area contributed by atoms with Crippen LogP contribution in [-0.2, 0) is 10.2 Å². The Morgan fingerprint density at radius 2 is 1.93 bits per heavy atom. The Morgan fingerprint density at radius 1 is 1.27 bits per heavy atom. The van der Waals surface area contributed by atoms with E-state index in [2.05, 4.69) is 12.6 Å². The molecule has 0 amide bonds. The summed E-state index contributed by atoms with van der Waals surface area (Å²) in [5, 5.41) is 9.26. The van der Waals surface area contributed by atoms with Crippen LogP contribution in [0.25, 0.3) is 0 Å². The van der Waals surface area contributed by atoms with Crippen molar-refractivity contribution in [3.05, 3.63) is 48.0 Å². The summed E-state index contributed by atoms with van der Waals surface area (Å²) in [7, 11) is 0. The van der Waals surface area contributed by atoms with E-state index in [4.69, 9.17) is 0 Å². The molecule has 74 valence electrons. The second-order valence-electron chi connectivity index (χ2n) is 3.94. The molecule has 1 unspecified atom stereocenters. The molecule has 1 aliphatic carbocycles. The van der Waals surface area contributed by atoms with E-state index in [1.807, 2.05) is 30.3 Å². The van der Waals surface area contributed by atoms with Crippen molar-refractivity contribution in [2.24, 2.45) is 0 Å². The fourth-order valence-corrected chi connectivity index (χ4v) is 2.03. The predicted octanol–water partition coefficient (Wildman–Crippen LogP) is 2.37. The lowest BCUT2D eigenvalue weighted by molar-refractivity contribution is -0.114. The lowest BCUT2D eigenvalue weighted by Gasteiger charge is -2.18. The average Bonchev–Trinajstić information content (AvgIpc) is 2.57. The van der Waals surface area contributed by atoms with Gasteiger partial charge in [-0.15, -0.1) is 0 Å². The highest BCUT2D eigenvalue weighted by atomic mass is 16.1. The van der Waals surface area contributed by atoms with Crippen LogP contribution in [0.5, 0.6) is 0 Å². The third-order valence-electron chi connectivity index (χ3n) is 2.91. The molecule has 15 heavy (non-hydrogen) atoms. The van der Waals surface area contributed by atoms with Crippen molar-refractivity contribution >= 4 is 5.78 Å². The van der Waals surface area contributed by atoms with Crippen LogP contribution in [0.2, 0.25) is 0 Å². The molecule has 1 saturated carbocycles. The molecular formula is C13H11NO. The Morgan fingerprint density at radius 3 is 2.40 bits per heavy atom. The SMILES string of the molecule is C=C1CC(C#N)(c2ccccc2)CC1=O. The van der Waals surface area contributed by atoms with Gasteiger partial charge in [0.25, 0.3) is 0 Å². The summed E-state index contributed by atoms with van der Waals surface area (Å²) in [6.45, 7) is 3.70. The maximum Gasteiger partial charge on any atom is 0.160 e. The van der Waals surface area contributed by atoms with Gasteiger partial charge in [0.1, 0.15) is 0 Å². The first-order chi connectivity index (χ1) is 7.18. The molecule has 2 heteroatoms. The zero-order valence-corrected chi connectivity index (χ0v) is 8.36. The van der Waals surface area contributed by atoms with Gasteiger partial charge < -0.3 is 0 Å². The van der Waals surface area contributed by atoms with Crippen LogP contribution in [0.15, 0.2) is 42.5 Å². The topological polar surface area (TPSA) is 40.9 Å². The Labute approximate surface area is 88.8 Å². The summed E-state index contributed by atoms with van der Waals surface area (Å²) >= 11 is 0. The fraction of sp³-hybridized carbons (Fsp3) is 0.231. The molecule has 1 aromatic carbocycles. The lowest BCUT2D eigenvalue weighted by Crippen LogP contribution is -2.20. The van der Waals surface area contributed by atoms with Crippen molar-refractivity contribution < 1.29 is 4.79 Å². The van der Waals surface area contributed by atoms with Gasteiger partial charge >= 0.3 is 0 Å². The number of nitriles is 1. The number of benzene rings is 1. The third kappa shape index (κ3) is 1.46. The van der Waals surface area contributed by atoms with Crippen molar-refractivity contribution in [3.8, 4) is 6.07 Å². The highest BCUT2D eigenvalue weighted by molar-refractivity contribution is 5.99. The summed E-state index contributed by atoms with van der Waals surface area (Å²) in [5.41, 5.74) is 0.815. The van der Waals surface area contributed by atoms with Gasteiger partial charge in [0.15, 0.2) is 5.78 Å². The number of Topliss-reactive ketones (excluding diaryl/α,β-unsaturated/α-hetero) is 1. The van der Waals surface area contributed by atoms with E-state index >= 15 is 0 Å². The molecule has 0 aromatic heterocycles. The monoisotopic (exact) mass is 197 g/mol. The van der Waals surface area contributed by atoms with Gasteiger partial charge in [0.05, 0.1) is 11.5 Å². The molecule has 2 rings (SSSR count). The number of nitrogens with zero attached hydrogens (tertiary/aromatic N) is 1. The van der Waals surface area contributed by atoms with Gasteiger partial charge in [0, 0.05) is 6.42 Å². The molecule has 0 spiro atoms. The number of hydrogen-bond donors (Lipinski definition) is 0. The molecule has 0 heterocycles. The van der Waals surface area contributed by atoms with E-state index in [0.717, 1.165) is 5.56 Å². The Hall–Kier alpha value is -1.88. The van der Waals surface area contributed by atoms with Crippen LogP contribution < -0.4 is 0 Å². The first-order valence-electron chi connectivity index (χ1n) is 4.86.